The molecule has 112 valence electrons. The number of nitrogens with two attached hydrogens (primary N) is 1. The molecule has 1 unspecified atom stereocenters. The molecule has 1 atom stereocenters. The van der Waals surface area contributed by atoms with Gasteiger partial charge in [-0.25, -0.2) is 0 Å². The van der Waals surface area contributed by atoms with E-state index in [0.717, 1.165) is 11.3 Å². The molecule has 0 saturated heterocycles. The van der Waals surface area contributed by atoms with Crippen molar-refractivity contribution in [2.45, 2.75) is 33.2 Å². The lowest BCUT2D eigenvalue weighted by atomic mass is 10.0. The van der Waals surface area contributed by atoms with Gasteiger partial charge in [0.1, 0.15) is 12.4 Å². The molecule has 0 heterocycles. The fraction of sp³-hybridized carbons (Fsp3) is 0.562. The SMILES string of the molecule is Cc1ccccc1OCCN(C)C(=O)C(N)CC(C)C. The van der Waals surface area contributed by atoms with Gasteiger partial charge in [0, 0.05) is 7.05 Å². The molecule has 1 aromatic carbocycles. The molecule has 0 aliphatic heterocycles. The first-order chi connectivity index (χ1) is 9.41. The summed E-state index contributed by atoms with van der Waals surface area (Å²) in [5, 5.41) is 0. The normalized spacial score (nSPS) is 12.3. The number of ether oxygens (including phenoxy) is 1. The van der Waals surface area contributed by atoms with Gasteiger partial charge >= 0.3 is 0 Å². The van der Waals surface area contributed by atoms with E-state index in [-0.39, 0.29) is 5.91 Å². The molecule has 4 nitrogen and oxygen atoms in total. The summed E-state index contributed by atoms with van der Waals surface area (Å²) in [6.07, 6.45) is 0.710. The zero-order chi connectivity index (χ0) is 15.1. The van der Waals surface area contributed by atoms with E-state index in [4.69, 9.17) is 10.5 Å². The Balaban J connectivity index is 2.38. The third-order valence-corrected chi connectivity index (χ3v) is 3.20. The average molecular weight is 278 g/mol. The van der Waals surface area contributed by atoms with Crippen molar-refractivity contribution < 1.29 is 9.53 Å². The minimum absolute atomic E-state index is 0.0212. The van der Waals surface area contributed by atoms with E-state index in [1.165, 1.54) is 0 Å². The number of likely N-dealkylation sites (N-methyl/N-ethyl adjacent to an activating group) is 1. The molecule has 0 radical (unpaired) electrons. The standard InChI is InChI=1S/C16H26N2O2/c1-12(2)11-14(17)16(19)18(4)9-10-20-15-8-6-5-7-13(15)3/h5-8,12,14H,9-11,17H2,1-4H3. The summed E-state index contributed by atoms with van der Waals surface area (Å²) in [4.78, 5) is 13.7. The van der Waals surface area contributed by atoms with Crippen LogP contribution in [-0.2, 0) is 4.79 Å². The predicted molar refractivity (Wildman–Crippen MR) is 81.7 cm³/mol. The molecule has 0 aliphatic carbocycles. The summed E-state index contributed by atoms with van der Waals surface area (Å²) >= 11 is 0. The second kappa shape index (κ2) is 7.90. The molecule has 0 aliphatic rings. The van der Waals surface area contributed by atoms with Crippen LogP contribution in [-0.4, -0.2) is 37.0 Å². The first-order valence-corrected chi connectivity index (χ1v) is 7.10. The molecule has 1 amide bonds. The van der Waals surface area contributed by atoms with Gasteiger partial charge in [0.2, 0.25) is 5.91 Å². The molecular formula is C16H26N2O2. The van der Waals surface area contributed by atoms with E-state index in [1.807, 2.05) is 31.2 Å². The number of carbonyl (C=O) groups is 1. The Morgan fingerprint density at radius 1 is 1.35 bits per heavy atom. The van der Waals surface area contributed by atoms with Crippen molar-refractivity contribution in [2.24, 2.45) is 11.7 Å². The highest BCUT2D eigenvalue weighted by Gasteiger charge is 2.18. The molecule has 1 aromatic rings. The summed E-state index contributed by atoms with van der Waals surface area (Å²) in [6.45, 7) is 7.14. The Bertz CT molecular complexity index is 432. The molecule has 0 saturated carbocycles. The second-order valence-corrected chi connectivity index (χ2v) is 5.61. The van der Waals surface area contributed by atoms with Crippen molar-refractivity contribution in [1.82, 2.24) is 4.90 Å². The summed E-state index contributed by atoms with van der Waals surface area (Å²) in [6, 6.07) is 7.43. The Labute approximate surface area is 121 Å². The van der Waals surface area contributed by atoms with Gasteiger partial charge < -0.3 is 15.4 Å². The average Bonchev–Trinajstić information content (AvgIpc) is 2.39. The molecule has 0 spiro atoms. The van der Waals surface area contributed by atoms with Crippen LogP contribution >= 0.6 is 0 Å². The largest absolute Gasteiger partial charge is 0.491 e. The molecule has 0 aromatic heterocycles. The van der Waals surface area contributed by atoms with E-state index in [1.54, 1.807) is 11.9 Å². The first-order valence-electron chi connectivity index (χ1n) is 7.10. The van der Waals surface area contributed by atoms with Crippen LogP contribution in [0.5, 0.6) is 5.75 Å². The number of nitrogens with zero attached hydrogens (tertiary/aromatic N) is 1. The second-order valence-electron chi connectivity index (χ2n) is 5.61. The maximum absolute atomic E-state index is 12.0. The number of para-hydroxylation sites is 1. The zero-order valence-corrected chi connectivity index (χ0v) is 12.9. The van der Waals surface area contributed by atoms with Gasteiger partial charge in [-0.1, -0.05) is 32.0 Å². The zero-order valence-electron chi connectivity index (χ0n) is 12.9. The summed E-state index contributed by atoms with van der Waals surface area (Å²) in [5.74, 6) is 1.26. The molecule has 0 bridgehead atoms. The highest BCUT2D eigenvalue weighted by atomic mass is 16.5. The number of aryl methyl sites for hydroxylation is 1. The highest BCUT2D eigenvalue weighted by molar-refractivity contribution is 5.81. The lowest BCUT2D eigenvalue weighted by Crippen LogP contribution is -2.43. The fourth-order valence-electron chi connectivity index (χ4n) is 2.01. The van der Waals surface area contributed by atoms with Gasteiger partial charge in [-0.3, -0.25) is 4.79 Å². The Hall–Kier alpha value is -1.55. The van der Waals surface area contributed by atoms with Crippen LogP contribution in [0, 0.1) is 12.8 Å². The van der Waals surface area contributed by atoms with Crippen molar-refractivity contribution in [2.75, 3.05) is 20.2 Å². The van der Waals surface area contributed by atoms with Crippen molar-refractivity contribution in [3.63, 3.8) is 0 Å². The number of hydrogen-bond acceptors (Lipinski definition) is 3. The van der Waals surface area contributed by atoms with E-state index >= 15 is 0 Å². The maximum Gasteiger partial charge on any atom is 0.239 e. The number of benzene rings is 1. The third kappa shape index (κ3) is 5.21. The van der Waals surface area contributed by atoms with E-state index in [0.29, 0.717) is 25.5 Å². The third-order valence-electron chi connectivity index (χ3n) is 3.20. The van der Waals surface area contributed by atoms with Crippen LogP contribution in [0.1, 0.15) is 25.8 Å². The topological polar surface area (TPSA) is 55.6 Å². The predicted octanol–water partition coefficient (Wildman–Crippen LogP) is 2.21. The lowest BCUT2D eigenvalue weighted by Gasteiger charge is -2.22. The summed E-state index contributed by atoms with van der Waals surface area (Å²) < 4.78 is 5.68. The van der Waals surface area contributed by atoms with Crippen LogP contribution in [0.4, 0.5) is 0 Å². The highest BCUT2D eigenvalue weighted by Crippen LogP contribution is 2.15. The quantitative estimate of drug-likeness (QED) is 0.832. The van der Waals surface area contributed by atoms with Crippen LogP contribution < -0.4 is 10.5 Å². The number of amides is 1. The van der Waals surface area contributed by atoms with Gasteiger partial charge in [-0.15, -0.1) is 0 Å². The number of carbonyl (C=O) groups excluding carboxylic acids is 1. The summed E-state index contributed by atoms with van der Waals surface area (Å²) in [7, 11) is 1.77. The molecule has 20 heavy (non-hydrogen) atoms. The van der Waals surface area contributed by atoms with Gasteiger partial charge in [0.15, 0.2) is 0 Å². The first kappa shape index (κ1) is 16.5. The van der Waals surface area contributed by atoms with Crippen LogP contribution in [0.15, 0.2) is 24.3 Å². The van der Waals surface area contributed by atoms with Crippen LogP contribution in [0.25, 0.3) is 0 Å². The fourth-order valence-corrected chi connectivity index (χ4v) is 2.01. The van der Waals surface area contributed by atoms with E-state index in [2.05, 4.69) is 13.8 Å². The van der Waals surface area contributed by atoms with E-state index < -0.39 is 6.04 Å². The van der Waals surface area contributed by atoms with Crippen molar-refractivity contribution in [1.29, 1.82) is 0 Å². The number of rotatable bonds is 7. The molecular weight excluding hydrogens is 252 g/mol. The van der Waals surface area contributed by atoms with Crippen molar-refractivity contribution >= 4 is 5.91 Å². The lowest BCUT2D eigenvalue weighted by molar-refractivity contribution is -0.131. The molecule has 2 N–H and O–H groups in total. The smallest absolute Gasteiger partial charge is 0.239 e. The Morgan fingerprint density at radius 2 is 2.00 bits per heavy atom. The molecule has 0 fully saturated rings. The Morgan fingerprint density at radius 3 is 2.60 bits per heavy atom. The van der Waals surface area contributed by atoms with Crippen molar-refractivity contribution in [3.05, 3.63) is 29.8 Å². The minimum Gasteiger partial charge on any atom is -0.491 e. The Kier molecular flexibility index (Phi) is 6.52. The van der Waals surface area contributed by atoms with Crippen LogP contribution in [0.3, 0.4) is 0 Å². The number of hydrogen-bond donors (Lipinski definition) is 1. The minimum atomic E-state index is -0.418. The molecule has 1 rings (SSSR count). The monoisotopic (exact) mass is 278 g/mol. The van der Waals surface area contributed by atoms with Gasteiger partial charge in [-0.2, -0.15) is 0 Å². The van der Waals surface area contributed by atoms with Gasteiger partial charge in [0.25, 0.3) is 0 Å². The van der Waals surface area contributed by atoms with Crippen molar-refractivity contribution in [3.8, 4) is 5.75 Å². The van der Waals surface area contributed by atoms with Crippen LogP contribution in [0.2, 0.25) is 0 Å². The van der Waals surface area contributed by atoms with Gasteiger partial charge in [0.05, 0.1) is 12.6 Å². The summed E-state index contributed by atoms with van der Waals surface area (Å²) in [5.41, 5.74) is 6.99. The maximum atomic E-state index is 12.0. The van der Waals surface area contributed by atoms with Gasteiger partial charge in [-0.05, 0) is 30.9 Å². The van der Waals surface area contributed by atoms with E-state index in [9.17, 15) is 4.79 Å². The molecule has 4 heteroatoms.